The van der Waals surface area contributed by atoms with Crippen LogP contribution < -0.4 is 14.4 Å². The van der Waals surface area contributed by atoms with Crippen LogP contribution in [0.25, 0.3) is 16.6 Å². The SMILES string of the molecule is COc1cc2nc(N(C)c3c(C)cccc3Cl)c3cnc(C)n3c2cc1OC. The van der Waals surface area contributed by atoms with Crippen molar-refractivity contribution in [2.24, 2.45) is 0 Å². The van der Waals surface area contributed by atoms with Gasteiger partial charge in [-0.1, -0.05) is 23.7 Å². The molecule has 7 heteroatoms. The van der Waals surface area contributed by atoms with Gasteiger partial charge in [0.2, 0.25) is 0 Å². The van der Waals surface area contributed by atoms with Crippen LogP contribution in [0.5, 0.6) is 11.5 Å². The monoisotopic (exact) mass is 396 g/mol. The molecule has 0 spiro atoms. The highest BCUT2D eigenvalue weighted by molar-refractivity contribution is 6.33. The minimum Gasteiger partial charge on any atom is -0.493 e. The van der Waals surface area contributed by atoms with E-state index in [0.717, 1.165) is 39.4 Å². The van der Waals surface area contributed by atoms with Crippen molar-refractivity contribution in [1.82, 2.24) is 14.4 Å². The molecule has 0 amide bonds. The maximum absolute atomic E-state index is 6.51. The average Bonchev–Trinajstić information content (AvgIpc) is 3.08. The second-order valence-corrected chi connectivity index (χ2v) is 7.03. The van der Waals surface area contributed by atoms with Crippen molar-refractivity contribution in [3.05, 3.63) is 52.9 Å². The smallest absolute Gasteiger partial charge is 0.163 e. The molecule has 4 rings (SSSR count). The maximum atomic E-state index is 6.51. The highest BCUT2D eigenvalue weighted by Crippen LogP contribution is 2.38. The van der Waals surface area contributed by atoms with Gasteiger partial charge >= 0.3 is 0 Å². The summed E-state index contributed by atoms with van der Waals surface area (Å²) in [4.78, 5) is 11.5. The van der Waals surface area contributed by atoms with Crippen LogP contribution in [0, 0.1) is 13.8 Å². The molecule has 0 aliphatic heterocycles. The van der Waals surface area contributed by atoms with Gasteiger partial charge in [-0.15, -0.1) is 0 Å². The average molecular weight is 397 g/mol. The van der Waals surface area contributed by atoms with Crippen LogP contribution in [-0.4, -0.2) is 35.6 Å². The van der Waals surface area contributed by atoms with Gasteiger partial charge in [0.05, 0.1) is 42.2 Å². The Kier molecular flexibility index (Phi) is 4.51. The van der Waals surface area contributed by atoms with E-state index in [4.69, 9.17) is 26.1 Å². The number of methoxy groups -OCH3 is 2. The number of anilines is 2. The molecule has 6 nitrogen and oxygen atoms in total. The number of nitrogens with zero attached hydrogens (tertiary/aromatic N) is 4. The summed E-state index contributed by atoms with van der Waals surface area (Å²) in [5.74, 6) is 2.90. The van der Waals surface area contributed by atoms with Gasteiger partial charge in [-0.05, 0) is 25.5 Å². The lowest BCUT2D eigenvalue weighted by molar-refractivity contribution is 0.355. The minimum atomic E-state index is 0.627. The largest absolute Gasteiger partial charge is 0.493 e. The van der Waals surface area contributed by atoms with Gasteiger partial charge in [-0.25, -0.2) is 9.97 Å². The topological polar surface area (TPSA) is 51.9 Å². The summed E-state index contributed by atoms with van der Waals surface area (Å²) in [6.45, 7) is 4.00. The molecule has 0 bridgehead atoms. The minimum absolute atomic E-state index is 0.627. The predicted molar refractivity (Wildman–Crippen MR) is 113 cm³/mol. The van der Waals surface area contributed by atoms with E-state index in [-0.39, 0.29) is 0 Å². The number of aromatic nitrogens is 3. The summed E-state index contributed by atoms with van der Waals surface area (Å²) in [7, 11) is 5.20. The van der Waals surface area contributed by atoms with E-state index in [9.17, 15) is 0 Å². The van der Waals surface area contributed by atoms with Crippen LogP contribution in [0.15, 0.2) is 36.5 Å². The van der Waals surface area contributed by atoms with Crippen molar-refractivity contribution in [2.75, 3.05) is 26.2 Å². The van der Waals surface area contributed by atoms with Gasteiger partial charge in [0.25, 0.3) is 0 Å². The Morgan fingerprint density at radius 1 is 1.04 bits per heavy atom. The standard InChI is InChI=1S/C21H21ClN4O2/c1-12-7-6-8-14(22)20(12)25(3)21-17-11-23-13(2)26(17)16-10-19(28-5)18(27-4)9-15(16)24-21/h6-11H,1-5H3. The van der Waals surface area contributed by atoms with Crippen molar-refractivity contribution < 1.29 is 9.47 Å². The van der Waals surface area contributed by atoms with Crippen molar-refractivity contribution in [3.8, 4) is 11.5 Å². The molecule has 0 N–H and O–H groups in total. The van der Waals surface area contributed by atoms with Gasteiger partial charge in [0.1, 0.15) is 11.3 Å². The Bertz CT molecular complexity index is 1180. The van der Waals surface area contributed by atoms with Crippen molar-refractivity contribution in [3.63, 3.8) is 0 Å². The molecular formula is C21H21ClN4O2. The number of hydrogen-bond donors (Lipinski definition) is 0. The lowest BCUT2D eigenvalue weighted by atomic mass is 10.2. The first-order valence-electron chi connectivity index (χ1n) is 8.85. The number of halogens is 1. The Morgan fingerprint density at radius 2 is 1.75 bits per heavy atom. The summed E-state index contributed by atoms with van der Waals surface area (Å²) in [6, 6.07) is 9.66. The molecule has 4 aromatic rings. The molecule has 0 aliphatic carbocycles. The van der Waals surface area contributed by atoms with E-state index in [1.807, 2.05) is 62.3 Å². The zero-order valence-corrected chi connectivity index (χ0v) is 17.2. The zero-order valence-electron chi connectivity index (χ0n) is 16.4. The molecule has 0 atom stereocenters. The molecule has 0 radical (unpaired) electrons. The maximum Gasteiger partial charge on any atom is 0.163 e. The van der Waals surface area contributed by atoms with Crippen LogP contribution in [0.1, 0.15) is 11.4 Å². The summed E-state index contributed by atoms with van der Waals surface area (Å²) in [5, 5.41) is 0.672. The molecule has 0 saturated heterocycles. The van der Waals surface area contributed by atoms with Crippen LogP contribution >= 0.6 is 11.6 Å². The number of hydrogen-bond acceptors (Lipinski definition) is 5. The fourth-order valence-electron chi connectivity index (χ4n) is 3.60. The second-order valence-electron chi connectivity index (χ2n) is 6.62. The number of benzene rings is 2. The van der Waals surface area contributed by atoms with Crippen molar-refractivity contribution in [2.45, 2.75) is 13.8 Å². The number of fused-ring (bicyclic) bond motifs is 3. The Labute approximate surface area is 168 Å². The van der Waals surface area contributed by atoms with Crippen LogP contribution in [-0.2, 0) is 0 Å². The zero-order chi connectivity index (χ0) is 20.0. The third-order valence-corrected chi connectivity index (χ3v) is 5.26. The molecule has 0 saturated carbocycles. The molecule has 2 aromatic heterocycles. The third kappa shape index (κ3) is 2.72. The lowest BCUT2D eigenvalue weighted by Crippen LogP contribution is -2.15. The van der Waals surface area contributed by atoms with Gasteiger partial charge in [0.15, 0.2) is 17.3 Å². The molecular weight excluding hydrogens is 376 g/mol. The highest BCUT2D eigenvalue weighted by Gasteiger charge is 2.20. The Hall–Kier alpha value is -2.99. The van der Waals surface area contributed by atoms with E-state index >= 15 is 0 Å². The van der Waals surface area contributed by atoms with Gasteiger partial charge in [0, 0.05) is 19.2 Å². The summed E-state index contributed by atoms with van der Waals surface area (Å²) >= 11 is 6.51. The summed E-state index contributed by atoms with van der Waals surface area (Å²) in [5.41, 5.74) is 4.54. The first-order chi connectivity index (χ1) is 13.5. The van der Waals surface area contributed by atoms with Gasteiger partial charge < -0.3 is 14.4 Å². The fraction of sp³-hybridized carbons (Fsp3) is 0.238. The molecule has 0 aliphatic rings. The van der Waals surface area contributed by atoms with E-state index < -0.39 is 0 Å². The molecule has 2 heterocycles. The van der Waals surface area contributed by atoms with Crippen molar-refractivity contribution >= 4 is 39.7 Å². The molecule has 2 aromatic carbocycles. The fourth-order valence-corrected chi connectivity index (χ4v) is 3.95. The Balaban J connectivity index is 2.06. The third-order valence-electron chi connectivity index (χ3n) is 4.96. The Morgan fingerprint density at radius 3 is 2.43 bits per heavy atom. The van der Waals surface area contributed by atoms with Crippen LogP contribution in [0.4, 0.5) is 11.5 Å². The molecule has 144 valence electrons. The van der Waals surface area contributed by atoms with E-state index in [0.29, 0.717) is 16.5 Å². The van der Waals surface area contributed by atoms with Gasteiger partial charge in [-0.3, -0.25) is 4.40 Å². The van der Waals surface area contributed by atoms with E-state index in [1.54, 1.807) is 14.2 Å². The van der Waals surface area contributed by atoms with Gasteiger partial charge in [-0.2, -0.15) is 0 Å². The normalized spacial score (nSPS) is 11.2. The molecule has 28 heavy (non-hydrogen) atoms. The van der Waals surface area contributed by atoms with Crippen LogP contribution in [0.2, 0.25) is 5.02 Å². The number of imidazole rings is 1. The first-order valence-corrected chi connectivity index (χ1v) is 9.22. The first kappa shape index (κ1) is 18.4. The highest BCUT2D eigenvalue weighted by atomic mass is 35.5. The number of aryl methyl sites for hydroxylation is 2. The number of ether oxygens (including phenoxy) is 2. The number of rotatable bonds is 4. The van der Waals surface area contributed by atoms with E-state index in [2.05, 4.69) is 9.38 Å². The predicted octanol–water partition coefficient (Wildman–Crippen LogP) is 4.94. The molecule has 0 fully saturated rings. The van der Waals surface area contributed by atoms with Crippen molar-refractivity contribution in [1.29, 1.82) is 0 Å². The molecule has 0 unspecified atom stereocenters. The van der Waals surface area contributed by atoms with Crippen LogP contribution in [0.3, 0.4) is 0 Å². The number of para-hydroxylation sites is 1. The summed E-state index contributed by atoms with van der Waals surface area (Å²) in [6.07, 6.45) is 1.83. The summed E-state index contributed by atoms with van der Waals surface area (Å²) < 4.78 is 13.0. The quantitative estimate of drug-likeness (QED) is 0.489. The second kappa shape index (κ2) is 6.87. The lowest BCUT2D eigenvalue weighted by Gasteiger charge is -2.23. The van der Waals surface area contributed by atoms with E-state index in [1.165, 1.54) is 0 Å².